The van der Waals surface area contributed by atoms with E-state index >= 15 is 0 Å². The number of fused-ring (bicyclic) bond motifs is 1. The maximum atomic E-state index is 6.28. The SMILES string of the molecule is NC(=S)c1ccc(Nc2cccc3cccnc23)c(Cl)c1. The van der Waals surface area contributed by atoms with Gasteiger partial charge in [0, 0.05) is 17.1 Å². The van der Waals surface area contributed by atoms with Crippen LogP contribution in [0.1, 0.15) is 5.56 Å². The molecule has 0 spiro atoms. The molecule has 0 saturated carbocycles. The van der Waals surface area contributed by atoms with Gasteiger partial charge in [-0.3, -0.25) is 4.98 Å². The van der Waals surface area contributed by atoms with E-state index in [0.717, 1.165) is 27.8 Å². The molecule has 5 heteroatoms. The number of thiocarbonyl (C=S) groups is 1. The number of hydrogen-bond acceptors (Lipinski definition) is 3. The Morgan fingerprint density at radius 2 is 1.90 bits per heavy atom. The Morgan fingerprint density at radius 3 is 2.67 bits per heavy atom. The molecule has 3 aromatic rings. The Hall–Kier alpha value is -2.17. The van der Waals surface area contributed by atoms with Crippen LogP contribution in [0.2, 0.25) is 5.02 Å². The summed E-state index contributed by atoms with van der Waals surface area (Å²) in [6.07, 6.45) is 1.77. The van der Waals surface area contributed by atoms with Gasteiger partial charge < -0.3 is 11.1 Å². The molecule has 0 aliphatic heterocycles. The maximum Gasteiger partial charge on any atom is 0.104 e. The molecular formula is C16H12ClN3S. The van der Waals surface area contributed by atoms with Gasteiger partial charge >= 0.3 is 0 Å². The standard InChI is InChI=1S/C16H12ClN3S/c17-12-9-11(16(18)21)6-7-13(12)20-14-5-1-3-10-4-2-8-19-15(10)14/h1-9,20H,(H2,18,21). The Labute approximate surface area is 132 Å². The van der Waals surface area contributed by atoms with Crippen LogP contribution in [0.4, 0.5) is 11.4 Å². The summed E-state index contributed by atoms with van der Waals surface area (Å²) >= 11 is 11.2. The lowest BCUT2D eigenvalue weighted by molar-refractivity contribution is 1.40. The van der Waals surface area contributed by atoms with E-state index in [9.17, 15) is 0 Å². The summed E-state index contributed by atoms with van der Waals surface area (Å²) in [6.45, 7) is 0. The monoisotopic (exact) mass is 313 g/mol. The number of anilines is 2. The van der Waals surface area contributed by atoms with E-state index in [2.05, 4.69) is 10.3 Å². The molecule has 0 saturated heterocycles. The summed E-state index contributed by atoms with van der Waals surface area (Å²) in [7, 11) is 0. The summed E-state index contributed by atoms with van der Waals surface area (Å²) in [4.78, 5) is 4.74. The molecule has 3 nitrogen and oxygen atoms in total. The largest absolute Gasteiger partial charge is 0.389 e. The molecule has 1 heterocycles. The highest BCUT2D eigenvalue weighted by Crippen LogP contribution is 2.29. The van der Waals surface area contributed by atoms with Crippen LogP contribution < -0.4 is 11.1 Å². The number of nitrogens with one attached hydrogen (secondary N) is 1. The number of para-hydroxylation sites is 1. The molecule has 0 radical (unpaired) electrons. The van der Waals surface area contributed by atoms with Crippen molar-refractivity contribution >= 4 is 51.1 Å². The van der Waals surface area contributed by atoms with Gasteiger partial charge in [0.25, 0.3) is 0 Å². The molecule has 2 aromatic carbocycles. The van der Waals surface area contributed by atoms with Crippen LogP contribution >= 0.6 is 23.8 Å². The molecule has 104 valence electrons. The number of nitrogens with two attached hydrogens (primary N) is 1. The van der Waals surface area contributed by atoms with E-state index in [1.54, 1.807) is 12.3 Å². The third-order valence-electron chi connectivity index (χ3n) is 3.16. The van der Waals surface area contributed by atoms with E-state index in [0.29, 0.717) is 10.0 Å². The summed E-state index contributed by atoms with van der Waals surface area (Å²) < 4.78 is 0. The van der Waals surface area contributed by atoms with Gasteiger partial charge in [-0.05, 0) is 30.3 Å². The van der Waals surface area contributed by atoms with Crippen molar-refractivity contribution < 1.29 is 0 Å². The van der Waals surface area contributed by atoms with Crippen molar-refractivity contribution in [1.29, 1.82) is 0 Å². The topological polar surface area (TPSA) is 50.9 Å². The summed E-state index contributed by atoms with van der Waals surface area (Å²) in [5.41, 5.74) is 8.93. The van der Waals surface area contributed by atoms with Crippen LogP contribution in [0.15, 0.2) is 54.7 Å². The van der Waals surface area contributed by atoms with Crippen LogP contribution in [-0.4, -0.2) is 9.97 Å². The van der Waals surface area contributed by atoms with Crippen LogP contribution in [0.5, 0.6) is 0 Å². The third-order valence-corrected chi connectivity index (χ3v) is 3.70. The first-order valence-corrected chi connectivity index (χ1v) is 7.14. The van der Waals surface area contributed by atoms with Crippen LogP contribution in [-0.2, 0) is 0 Å². The average Bonchev–Trinajstić information content (AvgIpc) is 2.49. The van der Waals surface area contributed by atoms with E-state index < -0.39 is 0 Å². The predicted octanol–water partition coefficient (Wildman–Crippen LogP) is 4.27. The number of halogens is 1. The Kier molecular flexibility index (Phi) is 3.73. The second kappa shape index (κ2) is 5.68. The molecule has 0 atom stereocenters. The number of hydrogen-bond donors (Lipinski definition) is 2. The quantitative estimate of drug-likeness (QED) is 0.709. The minimum atomic E-state index is 0.329. The van der Waals surface area contributed by atoms with Gasteiger partial charge in [-0.25, -0.2) is 0 Å². The first-order chi connectivity index (χ1) is 10.1. The fourth-order valence-electron chi connectivity index (χ4n) is 2.12. The summed E-state index contributed by atoms with van der Waals surface area (Å²) in [5.74, 6) is 0. The second-order valence-corrected chi connectivity index (χ2v) is 5.41. The van der Waals surface area contributed by atoms with Gasteiger partial charge in [0.15, 0.2) is 0 Å². The molecule has 0 amide bonds. The minimum Gasteiger partial charge on any atom is -0.389 e. The molecule has 3 rings (SSSR count). The van der Waals surface area contributed by atoms with Gasteiger partial charge in [-0.2, -0.15) is 0 Å². The van der Waals surface area contributed by atoms with Gasteiger partial charge in [-0.1, -0.05) is 42.0 Å². The lowest BCUT2D eigenvalue weighted by atomic mass is 10.1. The first kappa shape index (κ1) is 13.8. The van der Waals surface area contributed by atoms with E-state index in [-0.39, 0.29) is 0 Å². The molecule has 1 aromatic heterocycles. The van der Waals surface area contributed by atoms with Crippen molar-refractivity contribution in [1.82, 2.24) is 4.98 Å². The average molecular weight is 314 g/mol. The van der Waals surface area contributed by atoms with Crippen molar-refractivity contribution in [3.63, 3.8) is 0 Å². The predicted molar refractivity (Wildman–Crippen MR) is 92.4 cm³/mol. The van der Waals surface area contributed by atoms with Gasteiger partial charge in [0.05, 0.1) is 21.9 Å². The summed E-state index contributed by atoms with van der Waals surface area (Å²) in [5, 5.41) is 4.93. The number of pyridine rings is 1. The normalized spacial score (nSPS) is 10.5. The fraction of sp³-hybridized carbons (Fsp3) is 0. The van der Waals surface area contributed by atoms with Crippen molar-refractivity contribution in [2.24, 2.45) is 5.73 Å². The highest BCUT2D eigenvalue weighted by Gasteiger charge is 2.06. The Bertz CT molecular complexity index is 827. The molecule has 0 unspecified atom stereocenters. The van der Waals surface area contributed by atoms with Gasteiger partial charge in [0.1, 0.15) is 4.99 Å². The number of aromatic nitrogens is 1. The van der Waals surface area contributed by atoms with Crippen LogP contribution in [0.25, 0.3) is 10.9 Å². The first-order valence-electron chi connectivity index (χ1n) is 6.35. The number of nitrogens with zero attached hydrogens (tertiary/aromatic N) is 1. The van der Waals surface area contributed by atoms with Crippen molar-refractivity contribution in [2.75, 3.05) is 5.32 Å². The third kappa shape index (κ3) is 2.82. The smallest absolute Gasteiger partial charge is 0.104 e. The lowest BCUT2D eigenvalue weighted by Crippen LogP contribution is -2.09. The molecule has 0 bridgehead atoms. The lowest BCUT2D eigenvalue weighted by Gasteiger charge is -2.11. The highest BCUT2D eigenvalue weighted by molar-refractivity contribution is 7.80. The van der Waals surface area contributed by atoms with E-state index in [4.69, 9.17) is 29.6 Å². The fourth-order valence-corrected chi connectivity index (χ4v) is 2.47. The molecule has 0 aliphatic carbocycles. The van der Waals surface area contributed by atoms with Crippen LogP contribution in [0, 0.1) is 0 Å². The molecule has 0 aliphatic rings. The second-order valence-electron chi connectivity index (χ2n) is 4.56. The number of benzene rings is 2. The minimum absolute atomic E-state index is 0.329. The Balaban J connectivity index is 2.01. The molecule has 21 heavy (non-hydrogen) atoms. The zero-order valence-corrected chi connectivity index (χ0v) is 12.6. The van der Waals surface area contributed by atoms with E-state index in [1.165, 1.54) is 0 Å². The number of rotatable bonds is 3. The molecular weight excluding hydrogens is 302 g/mol. The van der Waals surface area contributed by atoms with Crippen molar-refractivity contribution in [3.8, 4) is 0 Å². The van der Waals surface area contributed by atoms with Gasteiger partial charge in [-0.15, -0.1) is 0 Å². The molecule has 0 fully saturated rings. The Morgan fingerprint density at radius 1 is 1.10 bits per heavy atom. The zero-order chi connectivity index (χ0) is 14.8. The van der Waals surface area contributed by atoms with Crippen LogP contribution in [0.3, 0.4) is 0 Å². The maximum absolute atomic E-state index is 6.28. The van der Waals surface area contributed by atoms with Crippen molar-refractivity contribution in [2.45, 2.75) is 0 Å². The zero-order valence-electron chi connectivity index (χ0n) is 11.0. The van der Waals surface area contributed by atoms with E-state index in [1.807, 2.05) is 42.5 Å². The molecule has 3 N–H and O–H groups in total. The highest BCUT2D eigenvalue weighted by atomic mass is 35.5. The van der Waals surface area contributed by atoms with Crippen molar-refractivity contribution in [3.05, 3.63) is 65.3 Å². The summed E-state index contributed by atoms with van der Waals surface area (Å²) in [6, 6.07) is 15.3. The van der Waals surface area contributed by atoms with Gasteiger partial charge in [0.2, 0.25) is 0 Å².